The highest BCUT2D eigenvalue weighted by atomic mass is 31.2. The molecule has 0 aromatic rings. The van der Waals surface area contributed by atoms with Crippen LogP contribution in [0.5, 0.6) is 0 Å². The number of phosphoric ester groups is 2. The molecule has 0 fully saturated rings. The molecule has 594 valence electrons. The van der Waals surface area contributed by atoms with E-state index in [0.29, 0.717) is 31.6 Å². The first-order chi connectivity index (χ1) is 48.3. The Hall–Kier alpha value is -1.94. The minimum Gasteiger partial charge on any atom is -0.462 e. The van der Waals surface area contributed by atoms with E-state index in [0.717, 1.165) is 108 Å². The number of hydrogen-bond acceptors (Lipinski definition) is 15. The molecule has 0 saturated heterocycles. The van der Waals surface area contributed by atoms with Gasteiger partial charge in [-0.2, -0.15) is 0 Å². The maximum absolute atomic E-state index is 13.1. The van der Waals surface area contributed by atoms with Crippen molar-refractivity contribution in [2.24, 2.45) is 17.8 Å². The summed E-state index contributed by atoms with van der Waals surface area (Å²) in [7, 11) is -9.92. The van der Waals surface area contributed by atoms with Gasteiger partial charge in [-0.15, -0.1) is 0 Å². The van der Waals surface area contributed by atoms with Crippen molar-refractivity contribution in [3.8, 4) is 0 Å². The largest absolute Gasteiger partial charge is 0.472 e. The summed E-state index contributed by atoms with van der Waals surface area (Å²) >= 11 is 0. The maximum atomic E-state index is 13.1. The molecule has 0 saturated carbocycles. The number of phosphoric acid groups is 2. The van der Waals surface area contributed by atoms with Gasteiger partial charge >= 0.3 is 39.5 Å². The average molecular weight is 1470 g/mol. The molecule has 0 heterocycles. The molecular weight excluding hydrogens is 1310 g/mol. The number of ether oxygens (including phenoxy) is 4. The predicted molar refractivity (Wildman–Crippen MR) is 409 cm³/mol. The summed E-state index contributed by atoms with van der Waals surface area (Å²) in [5, 5.41) is 10.6. The topological polar surface area (TPSA) is 237 Å². The molecule has 6 atom stereocenters. The minimum atomic E-state index is -4.96. The van der Waals surface area contributed by atoms with Gasteiger partial charge in [-0.1, -0.05) is 370 Å². The third-order valence-corrected chi connectivity index (χ3v) is 21.1. The first-order valence-corrected chi connectivity index (χ1v) is 44.9. The molecule has 0 aliphatic heterocycles. The molecule has 3 N–H and O–H groups in total. The second-order valence-electron chi connectivity index (χ2n) is 30.4. The van der Waals surface area contributed by atoms with Crippen LogP contribution >= 0.6 is 15.6 Å². The third kappa shape index (κ3) is 73.0. The highest BCUT2D eigenvalue weighted by Gasteiger charge is 2.30. The Kier molecular flexibility index (Phi) is 69.9. The molecule has 0 amide bonds. The number of carbonyl (C=O) groups excluding carboxylic acids is 4. The molecule has 0 aliphatic carbocycles. The Balaban J connectivity index is 5.23. The zero-order valence-corrected chi connectivity index (χ0v) is 67.5. The van der Waals surface area contributed by atoms with Gasteiger partial charge < -0.3 is 33.8 Å². The smallest absolute Gasteiger partial charge is 0.462 e. The normalized spacial score (nSPS) is 14.2. The van der Waals surface area contributed by atoms with Crippen molar-refractivity contribution >= 4 is 39.5 Å². The van der Waals surface area contributed by atoms with Gasteiger partial charge in [-0.05, 0) is 43.4 Å². The van der Waals surface area contributed by atoms with Crippen LogP contribution in [0, 0.1) is 17.8 Å². The van der Waals surface area contributed by atoms with Crippen LogP contribution in [0.15, 0.2) is 0 Å². The van der Waals surface area contributed by atoms with Crippen LogP contribution in [0.3, 0.4) is 0 Å². The number of hydrogen-bond donors (Lipinski definition) is 3. The summed E-state index contributed by atoms with van der Waals surface area (Å²) in [5.74, 6) is 0.169. The summed E-state index contributed by atoms with van der Waals surface area (Å²) in [4.78, 5) is 73.0. The van der Waals surface area contributed by atoms with Crippen LogP contribution < -0.4 is 0 Å². The van der Waals surface area contributed by atoms with Gasteiger partial charge in [0.1, 0.15) is 19.3 Å². The molecule has 0 bridgehead atoms. The average Bonchev–Trinajstić information content (AvgIpc) is 0.934. The van der Waals surface area contributed by atoms with Gasteiger partial charge in [0.05, 0.1) is 26.4 Å². The summed E-state index contributed by atoms with van der Waals surface area (Å²) in [6, 6.07) is 0. The van der Waals surface area contributed by atoms with Crippen molar-refractivity contribution < 1.29 is 80.2 Å². The lowest BCUT2D eigenvalue weighted by atomic mass is 9.99. The lowest BCUT2D eigenvalue weighted by molar-refractivity contribution is -0.161. The molecule has 0 rings (SSSR count). The summed E-state index contributed by atoms with van der Waals surface area (Å²) in [6.07, 6.45) is 59.8. The van der Waals surface area contributed by atoms with E-state index in [1.165, 1.54) is 225 Å². The summed E-state index contributed by atoms with van der Waals surface area (Å²) < 4.78 is 68.7. The first kappa shape index (κ1) is 98.1. The van der Waals surface area contributed by atoms with Gasteiger partial charge in [-0.25, -0.2) is 9.13 Å². The SMILES string of the molecule is CCCCCCCCCCCCCCCCCCCCCC(=O)OC[C@H](COP(=O)(O)OC[C@@H](O)COP(=O)(O)OC[C@@H](COC(=O)CCCCCCCCCC(C)C)OC(=O)CCCCCCCCCCC(C)CC)OC(=O)CCCCCCCCCCCCCCCCCCC(C)C. The van der Waals surface area contributed by atoms with Gasteiger partial charge in [0.15, 0.2) is 12.2 Å². The van der Waals surface area contributed by atoms with Gasteiger partial charge in [0.25, 0.3) is 0 Å². The quantitative estimate of drug-likeness (QED) is 0.0222. The highest BCUT2D eigenvalue weighted by molar-refractivity contribution is 7.47. The van der Waals surface area contributed by atoms with Crippen LogP contribution in [0.4, 0.5) is 0 Å². The maximum Gasteiger partial charge on any atom is 0.472 e. The first-order valence-electron chi connectivity index (χ1n) is 41.9. The van der Waals surface area contributed by atoms with Crippen molar-refractivity contribution in [1.82, 2.24) is 0 Å². The molecule has 0 radical (unpaired) electrons. The van der Waals surface area contributed by atoms with Crippen LogP contribution in [0.1, 0.15) is 421 Å². The zero-order valence-electron chi connectivity index (χ0n) is 65.7. The lowest BCUT2D eigenvalue weighted by Crippen LogP contribution is -2.30. The van der Waals surface area contributed by atoms with Crippen molar-refractivity contribution in [2.75, 3.05) is 39.6 Å². The molecule has 17 nitrogen and oxygen atoms in total. The number of aliphatic hydroxyl groups excluding tert-OH is 1. The monoisotopic (exact) mass is 1470 g/mol. The van der Waals surface area contributed by atoms with E-state index in [4.69, 9.17) is 37.0 Å². The van der Waals surface area contributed by atoms with Crippen LogP contribution in [0.2, 0.25) is 0 Å². The highest BCUT2D eigenvalue weighted by Crippen LogP contribution is 2.45. The van der Waals surface area contributed by atoms with E-state index in [-0.39, 0.29) is 25.7 Å². The second-order valence-corrected chi connectivity index (χ2v) is 33.3. The molecule has 0 aromatic carbocycles. The van der Waals surface area contributed by atoms with Crippen molar-refractivity contribution in [1.29, 1.82) is 0 Å². The van der Waals surface area contributed by atoms with Crippen molar-refractivity contribution in [3.05, 3.63) is 0 Å². The molecule has 0 aliphatic rings. The number of carbonyl (C=O) groups is 4. The standard InChI is InChI=1S/C81H158O17P2/c1-8-10-11-12-13-14-15-16-17-18-19-20-24-27-30-33-41-48-55-62-78(83)91-68-76(97-80(85)64-57-50-42-34-31-28-25-22-21-23-26-29-32-38-45-52-59-72(3)4)70-95-99(87,88)93-66-75(82)67-94-100(89,90)96-71-77(69-92-79(84)63-56-49-44-37-39-46-53-60-73(5)6)98-81(86)65-58-51-43-36-35-40-47-54-61-74(7)9-2/h72-77,82H,8-71H2,1-7H3,(H,87,88)(H,89,90)/t74?,75-,76-,77-/m1/s1. The van der Waals surface area contributed by atoms with Gasteiger partial charge in [-0.3, -0.25) is 37.3 Å². The fourth-order valence-electron chi connectivity index (χ4n) is 12.5. The molecular formula is C81H158O17P2. The van der Waals surface area contributed by atoms with Crippen LogP contribution in [0.25, 0.3) is 0 Å². The van der Waals surface area contributed by atoms with E-state index in [9.17, 15) is 43.2 Å². The minimum absolute atomic E-state index is 0.104. The number of unbranched alkanes of at least 4 members (excludes halogenated alkanes) is 46. The van der Waals surface area contributed by atoms with E-state index in [1.807, 2.05) is 0 Å². The van der Waals surface area contributed by atoms with E-state index in [2.05, 4.69) is 48.5 Å². The Labute approximate surface area is 613 Å². The molecule has 3 unspecified atom stereocenters. The molecule has 100 heavy (non-hydrogen) atoms. The molecule has 0 aromatic heterocycles. The molecule has 0 spiro atoms. The Bertz CT molecular complexity index is 1940. The summed E-state index contributed by atoms with van der Waals surface area (Å²) in [6.45, 7) is 11.9. The van der Waals surface area contributed by atoms with E-state index in [1.54, 1.807) is 0 Å². The second kappa shape index (κ2) is 71.3. The van der Waals surface area contributed by atoms with Crippen LogP contribution in [-0.2, 0) is 65.4 Å². The van der Waals surface area contributed by atoms with Crippen molar-refractivity contribution in [2.45, 2.75) is 439 Å². The third-order valence-electron chi connectivity index (χ3n) is 19.2. The predicted octanol–water partition coefficient (Wildman–Crippen LogP) is 24.1. The lowest BCUT2D eigenvalue weighted by Gasteiger charge is -2.21. The fraction of sp³-hybridized carbons (Fsp3) is 0.951. The van der Waals surface area contributed by atoms with E-state index >= 15 is 0 Å². The zero-order chi connectivity index (χ0) is 73.7. The summed E-state index contributed by atoms with van der Waals surface area (Å²) in [5.41, 5.74) is 0. The fourth-order valence-corrected chi connectivity index (χ4v) is 14.0. The number of rotatable bonds is 79. The van der Waals surface area contributed by atoms with Crippen molar-refractivity contribution in [3.63, 3.8) is 0 Å². The van der Waals surface area contributed by atoms with E-state index < -0.39 is 97.5 Å². The Morgan fingerprint density at radius 2 is 0.510 bits per heavy atom. The van der Waals surface area contributed by atoms with Crippen LogP contribution in [-0.4, -0.2) is 96.7 Å². The Morgan fingerprint density at radius 1 is 0.290 bits per heavy atom. The number of aliphatic hydroxyl groups is 1. The van der Waals surface area contributed by atoms with Gasteiger partial charge in [0, 0.05) is 25.7 Å². The van der Waals surface area contributed by atoms with Gasteiger partial charge in [0.2, 0.25) is 0 Å². The number of esters is 4. The Morgan fingerprint density at radius 3 is 0.760 bits per heavy atom. The molecule has 19 heteroatoms.